The zero-order chi connectivity index (χ0) is 26.4. The van der Waals surface area contributed by atoms with Gasteiger partial charge in [-0.05, 0) is 67.5 Å². The maximum Gasteiger partial charge on any atom is 0.268 e. The molecule has 0 bridgehead atoms. The molecule has 8 heteroatoms. The molecule has 5 nitrogen and oxygen atoms in total. The number of nitrogen functional groups attached to an aromatic ring is 1. The van der Waals surface area contributed by atoms with Crippen LogP contribution in [0.5, 0.6) is 0 Å². The number of nitrogens with zero attached hydrogens (tertiary/aromatic N) is 2. The summed E-state index contributed by atoms with van der Waals surface area (Å²) in [5, 5.41) is 14.8. The summed E-state index contributed by atoms with van der Waals surface area (Å²) in [5.41, 5.74) is 13.5. The number of anilines is 2. The van der Waals surface area contributed by atoms with Gasteiger partial charge in [0.2, 0.25) is 0 Å². The van der Waals surface area contributed by atoms with Crippen molar-refractivity contribution >= 4 is 61.1 Å². The Labute approximate surface area is 233 Å². The summed E-state index contributed by atoms with van der Waals surface area (Å²) in [6, 6.07) is 20.1. The molecule has 0 spiro atoms. The maximum atomic E-state index is 13.5. The Bertz CT molecular complexity index is 1740. The quantitative estimate of drug-likeness (QED) is 0.234. The minimum Gasteiger partial charge on any atom is -0.397 e. The van der Waals surface area contributed by atoms with Crippen LogP contribution in [0, 0.1) is 18.3 Å². The maximum absolute atomic E-state index is 13.5. The minimum atomic E-state index is -0.320. The van der Waals surface area contributed by atoms with E-state index in [4.69, 9.17) is 22.3 Å². The highest BCUT2D eigenvalue weighted by molar-refractivity contribution is 7.21. The number of nitrogens with two attached hydrogens (primary N) is 1. The van der Waals surface area contributed by atoms with Crippen molar-refractivity contribution in [2.45, 2.75) is 32.6 Å². The highest BCUT2D eigenvalue weighted by Crippen LogP contribution is 2.43. The number of amides is 1. The summed E-state index contributed by atoms with van der Waals surface area (Å²) in [6.45, 7) is 2.05. The molecule has 0 fully saturated rings. The average molecular weight is 555 g/mol. The predicted octanol–water partition coefficient (Wildman–Crippen LogP) is 8.24. The second kappa shape index (κ2) is 9.88. The van der Waals surface area contributed by atoms with Gasteiger partial charge in [0.1, 0.15) is 20.8 Å². The SMILES string of the molecule is Cc1ccc(-c2cc(-c3ccc(Cl)cc3)c3c(N)c(C(=O)Nc4sc5c(c4C#N)CCCC5)sc3n2)cc1. The van der Waals surface area contributed by atoms with Crippen LogP contribution in [0.3, 0.4) is 0 Å². The van der Waals surface area contributed by atoms with Gasteiger partial charge in [-0.3, -0.25) is 4.79 Å². The van der Waals surface area contributed by atoms with E-state index < -0.39 is 0 Å². The minimum absolute atomic E-state index is 0.320. The molecule has 0 saturated heterocycles. The Balaban J connectivity index is 1.47. The second-order valence-electron chi connectivity index (χ2n) is 9.43. The molecule has 0 saturated carbocycles. The van der Waals surface area contributed by atoms with E-state index in [1.54, 1.807) is 0 Å². The van der Waals surface area contributed by atoms with Gasteiger partial charge < -0.3 is 11.1 Å². The first-order valence-electron chi connectivity index (χ1n) is 12.3. The molecule has 0 aliphatic heterocycles. The Kier molecular flexibility index (Phi) is 6.40. The highest BCUT2D eigenvalue weighted by Gasteiger charge is 2.25. The zero-order valence-corrected chi connectivity index (χ0v) is 23.0. The molecular formula is C30H23ClN4OS2. The van der Waals surface area contributed by atoms with E-state index in [1.807, 2.05) is 49.4 Å². The largest absolute Gasteiger partial charge is 0.397 e. The normalized spacial score (nSPS) is 12.8. The summed E-state index contributed by atoms with van der Waals surface area (Å²) in [5.74, 6) is -0.320. The van der Waals surface area contributed by atoms with E-state index in [-0.39, 0.29) is 5.91 Å². The third kappa shape index (κ3) is 4.35. The number of pyridine rings is 1. The number of rotatable bonds is 4. The molecule has 0 radical (unpaired) electrons. The van der Waals surface area contributed by atoms with E-state index in [0.717, 1.165) is 59.0 Å². The number of thiophene rings is 2. The average Bonchev–Trinajstić information content (AvgIpc) is 3.45. The lowest BCUT2D eigenvalue weighted by Gasteiger charge is -2.09. The molecule has 1 amide bonds. The Morgan fingerprint density at radius 1 is 1.05 bits per heavy atom. The van der Waals surface area contributed by atoms with Gasteiger partial charge in [0.15, 0.2) is 0 Å². The van der Waals surface area contributed by atoms with Gasteiger partial charge in [0.05, 0.1) is 16.9 Å². The Morgan fingerprint density at radius 3 is 2.50 bits per heavy atom. The molecule has 5 aromatic rings. The standard InChI is InChI=1S/C30H23ClN4OS2/c1-16-6-8-18(9-7-16)23-14-21(17-10-12-19(31)13-11-17)25-26(33)27(38-30(25)34-23)28(36)35-29-22(15-32)20-4-2-3-5-24(20)37-29/h6-14H,2-5,33H2,1H3,(H,35,36). The van der Waals surface area contributed by atoms with E-state index in [1.165, 1.54) is 33.1 Å². The monoisotopic (exact) mass is 554 g/mol. The van der Waals surface area contributed by atoms with Crippen molar-refractivity contribution in [1.82, 2.24) is 4.98 Å². The lowest BCUT2D eigenvalue weighted by atomic mass is 9.96. The first-order valence-corrected chi connectivity index (χ1v) is 14.4. The van der Waals surface area contributed by atoms with Crippen LogP contribution in [0.2, 0.25) is 5.02 Å². The molecule has 1 aliphatic carbocycles. The number of nitrogens with one attached hydrogen (secondary N) is 1. The molecule has 3 aromatic heterocycles. The van der Waals surface area contributed by atoms with E-state index >= 15 is 0 Å². The molecule has 3 heterocycles. The van der Waals surface area contributed by atoms with Crippen LogP contribution < -0.4 is 11.1 Å². The second-order valence-corrected chi connectivity index (χ2v) is 12.0. The Hall–Kier alpha value is -3.70. The number of hydrogen-bond acceptors (Lipinski definition) is 6. The summed E-state index contributed by atoms with van der Waals surface area (Å²) >= 11 is 8.94. The summed E-state index contributed by atoms with van der Waals surface area (Å²) in [4.78, 5) is 20.7. The molecule has 1 aliphatic rings. The highest BCUT2D eigenvalue weighted by atomic mass is 35.5. The number of carbonyl (C=O) groups is 1. The molecule has 0 atom stereocenters. The third-order valence-corrected chi connectivity index (χ3v) is 9.48. The van der Waals surface area contributed by atoms with Gasteiger partial charge >= 0.3 is 0 Å². The predicted molar refractivity (Wildman–Crippen MR) is 158 cm³/mol. The number of aryl methyl sites for hydroxylation is 2. The van der Waals surface area contributed by atoms with Crippen LogP contribution in [0.4, 0.5) is 10.7 Å². The number of benzene rings is 2. The van der Waals surface area contributed by atoms with Gasteiger partial charge in [-0.2, -0.15) is 5.26 Å². The molecule has 6 rings (SSSR count). The molecule has 3 N–H and O–H groups in total. The van der Waals surface area contributed by atoms with Crippen LogP contribution >= 0.6 is 34.3 Å². The fourth-order valence-corrected chi connectivity index (χ4v) is 7.33. The van der Waals surface area contributed by atoms with Crippen LogP contribution in [0.1, 0.15) is 44.1 Å². The molecule has 188 valence electrons. The topological polar surface area (TPSA) is 91.8 Å². The lowest BCUT2D eigenvalue weighted by Crippen LogP contribution is -2.12. The fourth-order valence-electron chi connectivity index (χ4n) is 4.95. The lowest BCUT2D eigenvalue weighted by molar-refractivity contribution is 0.103. The molecular weight excluding hydrogens is 532 g/mol. The van der Waals surface area contributed by atoms with Gasteiger partial charge in [-0.15, -0.1) is 22.7 Å². The number of carbonyl (C=O) groups excluding carboxylic acids is 1. The van der Waals surface area contributed by atoms with Crippen molar-refractivity contribution in [3.05, 3.63) is 86.1 Å². The first-order chi connectivity index (χ1) is 18.4. The van der Waals surface area contributed by atoms with Crippen LogP contribution in [-0.2, 0) is 12.8 Å². The number of hydrogen-bond donors (Lipinski definition) is 2. The van der Waals surface area contributed by atoms with Gasteiger partial charge in [-0.25, -0.2) is 4.98 Å². The molecule has 0 unspecified atom stereocenters. The summed E-state index contributed by atoms with van der Waals surface area (Å²) in [7, 11) is 0. The first kappa shape index (κ1) is 24.6. The van der Waals surface area contributed by atoms with Crippen LogP contribution in [-0.4, -0.2) is 10.9 Å². The number of halogens is 1. The van der Waals surface area contributed by atoms with Gasteiger partial charge in [0, 0.05) is 20.8 Å². The Morgan fingerprint density at radius 2 is 1.76 bits per heavy atom. The van der Waals surface area contributed by atoms with Gasteiger partial charge in [0.25, 0.3) is 5.91 Å². The number of aromatic nitrogens is 1. The summed E-state index contributed by atoms with van der Waals surface area (Å²) < 4.78 is 0. The molecule has 2 aromatic carbocycles. The van der Waals surface area contributed by atoms with Crippen molar-refractivity contribution < 1.29 is 4.79 Å². The number of nitriles is 1. The van der Waals surface area contributed by atoms with Crippen LogP contribution in [0.15, 0.2) is 54.6 Å². The van der Waals surface area contributed by atoms with Crippen molar-refractivity contribution in [2.75, 3.05) is 11.1 Å². The van der Waals surface area contributed by atoms with Crippen LogP contribution in [0.25, 0.3) is 32.6 Å². The summed E-state index contributed by atoms with van der Waals surface area (Å²) in [6.07, 6.45) is 4.01. The van der Waals surface area contributed by atoms with Crippen molar-refractivity contribution in [3.8, 4) is 28.5 Å². The smallest absolute Gasteiger partial charge is 0.268 e. The zero-order valence-electron chi connectivity index (χ0n) is 20.6. The van der Waals surface area contributed by atoms with E-state index in [0.29, 0.717) is 31.0 Å². The molecule has 38 heavy (non-hydrogen) atoms. The fraction of sp³-hybridized carbons (Fsp3) is 0.167. The van der Waals surface area contributed by atoms with Crippen molar-refractivity contribution in [1.29, 1.82) is 5.26 Å². The van der Waals surface area contributed by atoms with E-state index in [9.17, 15) is 10.1 Å². The third-order valence-electron chi connectivity index (χ3n) is 6.92. The number of fused-ring (bicyclic) bond motifs is 2. The van der Waals surface area contributed by atoms with E-state index in [2.05, 4.69) is 23.5 Å². The van der Waals surface area contributed by atoms with Gasteiger partial charge in [-0.1, -0.05) is 53.6 Å². The van der Waals surface area contributed by atoms with Crippen molar-refractivity contribution in [3.63, 3.8) is 0 Å². The van der Waals surface area contributed by atoms with Crippen molar-refractivity contribution in [2.24, 2.45) is 0 Å².